The molecule has 3 rings (SSSR count). The maximum Gasteiger partial charge on any atom is 0.254 e. The minimum atomic E-state index is -0.229. The van der Waals surface area contributed by atoms with Crippen molar-refractivity contribution in [3.63, 3.8) is 0 Å². The van der Waals surface area contributed by atoms with E-state index in [4.69, 9.17) is 4.74 Å². The molecule has 2 N–H and O–H groups in total. The van der Waals surface area contributed by atoms with Gasteiger partial charge in [-0.1, -0.05) is 17.7 Å². The van der Waals surface area contributed by atoms with Crippen LogP contribution in [0.3, 0.4) is 0 Å². The summed E-state index contributed by atoms with van der Waals surface area (Å²) in [4.78, 5) is 30.1. The molecule has 0 aliphatic heterocycles. The number of aromatic amines is 1. The van der Waals surface area contributed by atoms with E-state index in [0.29, 0.717) is 36.2 Å². The van der Waals surface area contributed by atoms with Crippen LogP contribution in [0.15, 0.2) is 53.3 Å². The molecule has 2 aromatic carbocycles. The summed E-state index contributed by atoms with van der Waals surface area (Å²) in [6, 6.07) is 14.7. The van der Waals surface area contributed by atoms with E-state index in [-0.39, 0.29) is 24.6 Å². The summed E-state index contributed by atoms with van der Waals surface area (Å²) in [7, 11) is 0. The molecule has 0 bridgehead atoms. The number of H-pyrrole nitrogens is 1. The van der Waals surface area contributed by atoms with Gasteiger partial charge in [-0.15, -0.1) is 0 Å². The highest BCUT2D eigenvalue weighted by molar-refractivity contribution is 5.94. The normalized spacial score (nSPS) is 10.9. The Morgan fingerprint density at radius 1 is 1.17 bits per heavy atom. The van der Waals surface area contributed by atoms with Crippen LogP contribution in [0.4, 0.5) is 0 Å². The second kappa shape index (κ2) is 9.39. The SMILES string of the molecule is CCOc1ccc2[nH]c(=O)c(CN(CCCO)C(=O)c3cccc(C)c3)cc2c1. The number of ether oxygens (including phenoxy) is 1. The maximum absolute atomic E-state index is 13.0. The highest BCUT2D eigenvalue weighted by Crippen LogP contribution is 2.20. The third-order valence-electron chi connectivity index (χ3n) is 4.70. The highest BCUT2D eigenvalue weighted by Gasteiger charge is 2.18. The molecule has 1 heterocycles. The molecule has 0 saturated heterocycles. The molecule has 1 amide bonds. The minimum absolute atomic E-state index is 0.0244. The Morgan fingerprint density at radius 3 is 2.72 bits per heavy atom. The van der Waals surface area contributed by atoms with Crippen LogP contribution in [0.25, 0.3) is 10.9 Å². The number of aromatic nitrogens is 1. The molecule has 6 nitrogen and oxygen atoms in total. The number of rotatable bonds is 8. The van der Waals surface area contributed by atoms with Crippen molar-refractivity contribution >= 4 is 16.8 Å². The zero-order valence-electron chi connectivity index (χ0n) is 16.8. The Balaban J connectivity index is 1.93. The fourth-order valence-electron chi connectivity index (χ4n) is 3.28. The van der Waals surface area contributed by atoms with Crippen molar-refractivity contribution < 1.29 is 14.6 Å². The summed E-state index contributed by atoms with van der Waals surface area (Å²) in [5.74, 6) is 0.565. The molecular formula is C23H26N2O4. The van der Waals surface area contributed by atoms with Crippen molar-refractivity contribution in [1.29, 1.82) is 0 Å². The Kier molecular flexibility index (Phi) is 6.67. The summed E-state index contributed by atoms with van der Waals surface area (Å²) in [5, 5.41) is 10.1. The number of amides is 1. The quantitative estimate of drug-likeness (QED) is 0.614. The second-order valence-electron chi connectivity index (χ2n) is 6.98. The molecule has 0 saturated carbocycles. The first-order valence-corrected chi connectivity index (χ1v) is 9.77. The monoisotopic (exact) mass is 394 g/mol. The molecule has 0 fully saturated rings. The lowest BCUT2D eigenvalue weighted by atomic mass is 10.1. The number of aryl methyl sites for hydroxylation is 1. The molecule has 0 aliphatic carbocycles. The molecule has 3 aromatic rings. The van der Waals surface area contributed by atoms with Crippen molar-refractivity contribution in [1.82, 2.24) is 9.88 Å². The number of aliphatic hydroxyl groups excluding tert-OH is 1. The van der Waals surface area contributed by atoms with Gasteiger partial charge in [-0.3, -0.25) is 9.59 Å². The van der Waals surface area contributed by atoms with Gasteiger partial charge in [0.25, 0.3) is 11.5 Å². The van der Waals surface area contributed by atoms with Gasteiger partial charge in [0.2, 0.25) is 0 Å². The van der Waals surface area contributed by atoms with Crippen LogP contribution in [0.1, 0.15) is 34.8 Å². The lowest BCUT2D eigenvalue weighted by Crippen LogP contribution is -2.34. The summed E-state index contributed by atoms with van der Waals surface area (Å²) in [5.41, 5.74) is 2.54. The van der Waals surface area contributed by atoms with E-state index < -0.39 is 0 Å². The number of aliphatic hydroxyl groups is 1. The van der Waals surface area contributed by atoms with Gasteiger partial charge in [0, 0.05) is 35.2 Å². The molecule has 0 unspecified atom stereocenters. The van der Waals surface area contributed by atoms with Crippen LogP contribution in [0.2, 0.25) is 0 Å². The number of nitrogens with zero attached hydrogens (tertiary/aromatic N) is 1. The van der Waals surface area contributed by atoms with Crippen molar-refractivity contribution in [3.05, 3.63) is 75.6 Å². The third kappa shape index (κ3) is 5.03. The predicted octanol–water partition coefficient (Wildman–Crippen LogP) is 3.26. The van der Waals surface area contributed by atoms with E-state index in [1.165, 1.54) is 0 Å². The summed E-state index contributed by atoms with van der Waals surface area (Å²) in [6.07, 6.45) is 0.442. The van der Waals surface area contributed by atoms with Gasteiger partial charge in [-0.05, 0) is 56.7 Å². The van der Waals surface area contributed by atoms with Gasteiger partial charge >= 0.3 is 0 Å². The molecule has 0 atom stereocenters. The second-order valence-corrected chi connectivity index (χ2v) is 6.98. The van der Waals surface area contributed by atoms with E-state index in [1.807, 2.05) is 50.2 Å². The van der Waals surface area contributed by atoms with Gasteiger partial charge in [-0.25, -0.2) is 0 Å². The zero-order valence-corrected chi connectivity index (χ0v) is 16.8. The van der Waals surface area contributed by atoms with Gasteiger partial charge in [0.15, 0.2) is 0 Å². The Hall–Kier alpha value is -3.12. The number of fused-ring (bicyclic) bond motifs is 1. The van der Waals surface area contributed by atoms with Crippen LogP contribution >= 0.6 is 0 Å². The molecule has 1 aromatic heterocycles. The average molecular weight is 394 g/mol. The first kappa shape index (κ1) is 20.6. The van der Waals surface area contributed by atoms with Crippen molar-refractivity contribution in [2.75, 3.05) is 19.8 Å². The van der Waals surface area contributed by atoms with E-state index in [2.05, 4.69) is 4.98 Å². The molecular weight excluding hydrogens is 368 g/mol. The zero-order chi connectivity index (χ0) is 20.8. The standard InChI is InChI=1S/C23H26N2O4/c1-3-29-20-8-9-21-18(14-20)13-19(22(27)24-21)15-25(10-5-11-26)23(28)17-7-4-6-16(2)12-17/h4,6-9,12-14,26H,3,5,10-11,15H2,1-2H3,(H,24,27). The van der Waals surface area contributed by atoms with Gasteiger partial charge < -0.3 is 19.7 Å². The smallest absolute Gasteiger partial charge is 0.254 e. The molecule has 0 aliphatic rings. The number of pyridine rings is 1. The molecule has 152 valence electrons. The predicted molar refractivity (Wildman–Crippen MR) is 113 cm³/mol. The van der Waals surface area contributed by atoms with E-state index in [0.717, 1.165) is 16.7 Å². The number of carbonyl (C=O) groups excluding carboxylic acids is 1. The topological polar surface area (TPSA) is 82.6 Å². The number of carbonyl (C=O) groups is 1. The number of benzene rings is 2. The van der Waals surface area contributed by atoms with Gasteiger partial charge in [0.05, 0.1) is 13.2 Å². The maximum atomic E-state index is 13.0. The van der Waals surface area contributed by atoms with Crippen LogP contribution in [0.5, 0.6) is 5.75 Å². The van der Waals surface area contributed by atoms with Crippen LogP contribution < -0.4 is 10.3 Å². The minimum Gasteiger partial charge on any atom is -0.494 e. The van der Waals surface area contributed by atoms with E-state index >= 15 is 0 Å². The van der Waals surface area contributed by atoms with E-state index in [1.54, 1.807) is 17.0 Å². The Labute approximate surface area is 169 Å². The first-order chi connectivity index (χ1) is 14.0. The van der Waals surface area contributed by atoms with Gasteiger partial charge in [-0.2, -0.15) is 0 Å². The number of nitrogens with one attached hydrogen (secondary N) is 1. The third-order valence-corrected chi connectivity index (χ3v) is 4.70. The summed E-state index contributed by atoms with van der Waals surface area (Å²) >= 11 is 0. The molecule has 0 radical (unpaired) electrons. The molecule has 29 heavy (non-hydrogen) atoms. The fraction of sp³-hybridized carbons (Fsp3) is 0.304. The van der Waals surface area contributed by atoms with E-state index in [9.17, 15) is 14.7 Å². The summed E-state index contributed by atoms with van der Waals surface area (Å²) in [6.45, 7) is 4.90. The highest BCUT2D eigenvalue weighted by atomic mass is 16.5. The van der Waals surface area contributed by atoms with Crippen LogP contribution in [-0.2, 0) is 6.54 Å². The number of hydrogen-bond acceptors (Lipinski definition) is 4. The van der Waals surface area contributed by atoms with Crippen molar-refractivity contribution in [2.45, 2.75) is 26.8 Å². The Bertz CT molecular complexity index is 1060. The summed E-state index contributed by atoms with van der Waals surface area (Å²) < 4.78 is 5.54. The van der Waals surface area contributed by atoms with Gasteiger partial charge in [0.1, 0.15) is 5.75 Å². The largest absolute Gasteiger partial charge is 0.494 e. The lowest BCUT2D eigenvalue weighted by Gasteiger charge is -2.22. The van der Waals surface area contributed by atoms with Crippen molar-refractivity contribution in [2.24, 2.45) is 0 Å². The Morgan fingerprint density at radius 2 is 2.00 bits per heavy atom. The van der Waals surface area contributed by atoms with Crippen molar-refractivity contribution in [3.8, 4) is 5.75 Å². The lowest BCUT2D eigenvalue weighted by molar-refractivity contribution is 0.0731. The first-order valence-electron chi connectivity index (χ1n) is 9.77. The van der Waals surface area contributed by atoms with Crippen LogP contribution in [-0.4, -0.2) is 40.7 Å². The fourth-order valence-corrected chi connectivity index (χ4v) is 3.28. The number of hydrogen-bond donors (Lipinski definition) is 2. The average Bonchev–Trinajstić information content (AvgIpc) is 2.71. The molecule has 6 heteroatoms. The molecule has 0 spiro atoms. The van der Waals surface area contributed by atoms with Crippen LogP contribution in [0, 0.1) is 6.92 Å².